The second-order valence-corrected chi connectivity index (χ2v) is 9.07. The minimum absolute atomic E-state index is 0.0681. The Morgan fingerprint density at radius 1 is 1.04 bits per heavy atom. The number of hydrogen-bond acceptors (Lipinski definition) is 6. The van der Waals surface area contributed by atoms with Gasteiger partial charge in [-0.05, 0) is 31.2 Å². The molecule has 0 spiro atoms. The van der Waals surface area contributed by atoms with Crippen molar-refractivity contribution in [1.29, 1.82) is 0 Å². The molecule has 3 aromatic rings. The summed E-state index contributed by atoms with van der Waals surface area (Å²) in [5.41, 5.74) is 1.86. The van der Waals surface area contributed by atoms with Crippen molar-refractivity contribution >= 4 is 21.4 Å². The van der Waals surface area contributed by atoms with Crippen molar-refractivity contribution in [2.24, 2.45) is 0 Å². The van der Waals surface area contributed by atoms with Crippen LogP contribution in [0.3, 0.4) is 0 Å². The normalized spacial score (nSPS) is 11.4. The summed E-state index contributed by atoms with van der Waals surface area (Å²) < 4.78 is 37.7. The van der Waals surface area contributed by atoms with Crippen molar-refractivity contribution < 1.29 is 17.9 Å². The summed E-state index contributed by atoms with van der Waals surface area (Å²) in [6, 6.07) is 16.8. The Bertz CT molecular complexity index is 1000. The van der Waals surface area contributed by atoms with E-state index in [-0.39, 0.29) is 18.9 Å². The first-order valence-electron chi connectivity index (χ1n) is 8.73. The number of nitrogens with zero attached hydrogens (tertiary/aromatic N) is 1. The van der Waals surface area contributed by atoms with Crippen LogP contribution < -0.4 is 14.2 Å². The average Bonchev–Trinajstić information content (AvgIpc) is 3.08. The molecule has 8 heteroatoms. The van der Waals surface area contributed by atoms with E-state index in [0.717, 1.165) is 26.9 Å². The van der Waals surface area contributed by atoms with Gasteiger partial charge in [0.15, 0.2) is 0 Å². The zero-order valence-corrected chi connectivity index (χ0v) is 17.3. The number of methoxy groups -OCH3 is 1. The van der Waals surface area contributed by atoms with Crippen LogP contribution in [0.5, 0.6) is 11.5 Å². The van der Waals surface area contributed by atoms with Gasteiger partial charge in [-0.1, -0.05) is 30.3 Å². The van der Waals surface area contributed by atoms with Gasteiger partial charge in [0.2, 0.25) is 10.0 Å². The van der Waals surface area contributed by atoms with Gasteiger partial charge in [0.25, 0.3) is 0 Å². The van der Waals surface area contributed by atoms with Gasteiger partial charge in [0.05, 0.1) is 18.6 Å². The molecule has 1 heterocycles. The third-order valence-electron chi connectivity index (χ3n) is 4.05. The molecule has 1 N–H and O–H groups in total. The van der Waals surface area contributed by atoms with Crippen LogP contribution in [0.2, 0.25) is 0 Å². The zero-order valence-electron chi connectivity index (χ0n) is 15.7. The molecule has 3 rings (SSSR count). The number of sulfonamides is 1. The van der Waals surface area contributed by atoms with Crippen molar-refractivity contribution in [1.82, 2.24) is 9.71 Å². The molecule has 0 atom stereocenters. The summed E-state index contributed by atoms with van der Waals surface area (Å²) in [6.45, 7) is 2.18. The van der Waals surface area contributed by atoms with E-state index in [1.807, 2.05) is 37.3 Å². The quantitative estimate of drug-likeness (QED) is 0.574. The lowest BCUT2D eigenvalue weighted by Gasteiger charge is -2.08. The Kier molecular flexibility index (Phi) is 6.66. The highest BCUT2D eigenvalue weighted by Crippen LogP contribution is 2.27. The molecule has 0 saturated carbocycles. The van der Waals surface area contributed by atoms with Gasteiger partial charge in [-0.3, -0.25) is 0 Å². The Morgan fingerprint density at radius 2 is 1.71 bits per heavy atom. The van der Waals surface area contributed by atoms with Crippen molar-refractivity contribution in [3.05, 3.63) is 65.2 Å². The molecule has 0 fully saturated rings. The third kappa shape index (κ3) is 5.54. The predicted octanol–water partition coefficient (Wildman–Crippen LogP) is 3.63. The van der Waals surface area contributed by atoms with Gasteiger partial charge >= 0.3 is 0 Å². The fourth-order valence-corrected chi connectivity index (χ4v) is 4.40. The molecule has 148 valence electrons. The lowest BCUT2D eigenvalue weighted by Crippen LogP contribution is -2.28. The molecule has 0 radical (unpaired) electrons. The van der Waals surface area contributed by atoms with Crippen LogP contribution in [-0.2, 0) is 16.6 Å². The van der Waals surface area contributed by atoms with Gasteiger partial charge < -0.3 is 9.47 Å². The van der Waals surface area contributed by atoms with Crippen LogP contribution in [0, 0.1) is 6.92 Å². The Balaban J connectivity index is 1.52. The first-order valence-corrected chi connectivity index (χ1v) is 11.2. The Labute approximate surface area is 169 Å². The molecular formula is C20H22N2O4S2. The second-order valence-electron chi connectivity index (χ2n) is 6.06. The molecule has 2 aromatic carbocycles. The average molecular weight is 419 g/mol. The fraction of sp³-hybridized carbons (Fsp3) is 0.250. The molecule has 0 aliphatic heterocycles. The topological polar surface area (TPSA) is 77.5 Å². The summed E-state index contributed by atoms with van der Waals surface area (Å²) in [5, 5.41) is 0.884. The summed E-state index contributed by atoms with van der Waals surface area (Å²) >= 11 is 1.50. The number of aromatic nitrogens is 1. The molecule has 0 bridgehead atoms. The van der Waals surface area contributed by atoms with Crippen LogP contribution in [0.1, 0.15) is 10.6 Å². The summed E-state index contributed by atoms with van der Waals surface area (Å²) in [5.74, 6) is 1.20. The van der Waals surface area contributed by atoms with Gasteiger partial charge in [-0.25, -0.2) is 18.1 Å². The fourth-order valence-electron chi connectivity index (χ4n) is 2.49. The summed E-state index contributed by atoms with van der Waals surface area (Å²) in [6.07, 6.45) is 0. The van der Waals surface area contributed by atoms with E-state index in [1.54, 1.807) is 31.4 Å². The largest absolute Gasteiger partial charge is 0.497 e. The number of hydrogen-bond donors (Lipinski definition) is 1. The molecule has 0 aliphatic rings. The summed E-state index contributed by atoms with van der Waals surface area (Å²) in [4.78, 5) is 5.45. The first kappa shape index (κ1) is 20.3. The number of nitrogens with one attached hydrogen (secondary N) is 1. The third-order valence-corrected chi connectivity index (χ3v) is 6.54. The second kappa shape index (κ2) is 9.18. The minimum atomic E-state index is -3.46. The highest BCUT2D eigenvalue weighted by molar-refractivity contribution is 7.89. The molecule has 0 aliphatic carbocycles. The van der Waals surface area contributed by atoms with E-state index < -0.39 is 10.0 Å². The molecule has 1 aromatic heterocycles. The van der Waals surface area contributed by atoms with E-state index in [9.17, 15) is 8.42 Å². The first-order chi connectivity index (χ1) is 13.5. The SMILES string of the molecule is COc1ccc(OCCS(=O)(=O)NCc2sc(-c3ccccc3)nc2C)cc1. The van der Waals surface area contributed by atoms with Crippen molar-refractivity contribution in [3.63, 3.8) is 0 Å². The van der Waals surface area contributed by atoms with Crippen LogP contribution in [0.4, 0.5) is 0 Å². The highest BCUT2D eigenvalue weighted by Gasteiger charge is 2.14. The number of thiazole rings is 1. The number of ether oxygens (including phenoxy) is 2. The van der Waals surface area contributed by atoms with Gasteiger partial charge in [-0.2, -0.15) is 0 Å². The lowest BCUT2D eigenvalue weighted by molar-refractivity contribution is 0.339. The van der Waals surface area contributed by atoms with E-state index in [1.165, 1.54) is 11.3 Å². The van der Waals surface area contributed by atoms with Crippen LogP contribution in [0.15, 0.2) is 54.6 Å². The van der Waals surface area contributed by atoms with Crippen molar-refractivity contribution in [2.75, 3.05) is 19.5 Å². The smallest absolute Gasteiger partial charge is 0.215 e. The predicted molar refractivity (Wildman–Crippen MR) is 111 cm³/mol. The van der Waals surface area contributed by atoms with Gasteiger partial charge in [-0.15, -0.1) is 11.3 Å². The number of benzene rings is 2. The zero-order chi connectivity index (χ0) is 20.0. The van der Waals surface area contributed by atoms with E-state index in [2.05, 4.69) is 9.71 Å². The van der Waals surface area contributed by atoms with Crippen LogP contribution >= 0.6 is 11.3 Å². The van der Waals surface area contributed by atoms with Gasteiger partial charge in [0.1, 0.15) is 23.1 Å². The van der Waals surface area contributed by atoms with Crippen molar-refractivity contribution in [2.45, 2.75) is 13.5 Å². The maximum Gasteiger partial charge on any atom is 0.215 e. The molecule has 0 amide bonds. The summed E-state index contributed by atoms with van der Waals surface area (Å²) in [7, 11) is -1.87. The maximum atomic E-state index is 12.3. The van der Waals surface area contributed by atoms with E-state index in [0.29, 0.717) is 5.75 Å². The standard InChI is InChI=1S/C20H22N2O4S2/c1-15-19(27-20(22-15)16-6-4-3-5-7-16)14-21-28(23,24)13-12-26-18-10-8-17(25-2)9-11-18/h3-11,21H,12-14H2,1-2H3. The highest BCUT2D eigenvalue weighted by atomic mass is 32.2. The minimum Gasteiger partial charge on any atom is -0.497 e. The molecule has 0 saturated heterocycles. The molecule has 6 nitrogen and oxygen atoms in total. The van der Waals surface area contributed by atoms with E-state index >= 15 is 0 Å². The lowest BCUT2D eigenvalue weighted by atomic mass is 10.2. The molecule has 0 unspecified atom stereocenters. The number of aryl methyl sites for hydroxylation is 1. The monoisotopic (exact) mass is 418 g/mol. The number of rotatable bonds is 9. The Hall–Kier alpha value is -2.42. The molecular weight excluding hydrogens is 396 g/mol. The van der Waals surface area contributed by atoms with Crippen LogP contribution in [-0.4, -0.2) is 32.9 Å². The van der Waals surface area contributed by atoms with Crippen LogP contribution in [0.25, 0.3) is 10.6 Å². The van der Waals surface area contributed by atoms with E-state index in [4.69, 9.17) is 9.47 Å². The maximum absolute atomic E-state index is 12.3. The molecule has 28 heavy (non-hydrogen) atoms. The Morgan fingerprint density at radius 3 is 2.39 bits per heavy atom. The van der Waals surface area contributed by atoms with Gasteiger partial charge in [0, 0.05) is 17.0 Å². The van der Waals surface area contributed by atoms with Crippen molar-refractivity contribution in [3.8, 4) is 22.1 Å².